The first kappa shape index (κ1) is 20.2. The van der Waals surface area contributed by atoms with Gasteiger partial charge in [-0.05, 0) is 58.8 Å². The summed E-state index contributed by atoms with van der Waals surface area (Å²) in [6, 6.07) is 17.5. The maximum atomic E-state index is 13.1. The molecule has 0 atom stereocenters. The fraction of sp³-hybridized carbons (Fsp3) is 0.167. The molecule has 30 heavy (non-hydrogen) atoms. The fourth-order valence-corrected chi connectivity index (χ4v) is 4.12. The van der Waals surface area contributed by atoms with Crippen molar-refractivity contribution >= 4 is 39.8 Å². The summed E-state index contributed by atoms with van der Waals surface area (Å²) >= 11 is 0.909. The third-order valence-electron chi connectivity index (χ3n) is 4.80. The van der Waals surface area contributed by atoms with Crippen LogP contribution in [0.1, 0.15) is 24.5 Å². The lowest BCUT2D eigenvalue weighted by Crippen LogP contribution is -2.27. The van der Waals surface area contributed by atoms with Crippen molar-refractivity contribution in [3.8, 4) is 5.75 Å². The predicted octanol–water partition coefficient (Wildman–Crippen LogP) is 6.00. The van der Waals surface area contributed by atoms with E-state index in [9.17, 15) is 14.0 Å². The molecule has 0 spiro atoms. The molecule has 0 unspecified atom stereocenters. The highest BCUT2D eigenvalue weighted by molar-refractivity contribution is 8.18. The molecule has 1 saturated heterocycles. The molecule has 0 radical (unpaired) electrons. The number of carbonyl (C=O) groups is 2. The zero-order valence-electron chi connectivity index (χ0n) is 16.4. The van der Waals surface area contributed by atoms with Crippen LogP contribution in [-0.2, 0) is 11.3 Å². The first-order valence-electron chi connectivity index (χ1n) is 9.71. The van der Waals surface area contributed by atoms with Crippen molar-refractivity contribution in [2.45, 2.75) is 19.9 Å². The normalized spacial score (nSPS) is 15.4. The molecule has 4 rings (SSSR count). The molecule has 4 nitrogen and oxygen atoms in total. The molecule has 6 heteroatoms. The molecule has 0 saturated carbocycles. The largest absolute Gasteiger partial charge is 0.493 e. The minimum Gasteiger partial charge on any atom is -0.493 e. The standard InChI is InChI=1S/C24H20FNO3S/c1-2-13-29-21-12-9-17-5-3-4-6-19(17)20(21)14-22-23(27)26(24(28)30-22)15-16-7-10-18(25)11-8-16/h3-12,14H,2,13,15H2,1H3/b22-14-. The van der Waals surface area contributed by atoms with Gasteiger partial charge >= 0.3 is 0 Å². The Morgan fingerprint density at radius 2 is 1.80 bits per heavy atom. The van der Waals surface area contributed by atoms with Crippen molar-refractivity contribution in [2.75, 3.05) is 6.61 Å². The minimum absolute atomic E-state index is 0.108. The Hall–Kier alpha value is -3.12. The second kappa shape index (κ2) is 8.71. The molecule has 0 bridgehead atoms. The molecule has 0 aliphatic carbocycles. The maximum Gasteiger partial charge on any atom is 0.293 e. The van der Waals surface area contributed by atoms with E-state index in [1.807, 2.05) is 43.3 Å². The van der Waals surface area contributed by atoms with Crippen molar-refractivity contribution in [1.82, 2.24) is 4.90 Å². The highest BCUT2D eigenvalue weighted by Crippen LogP contribution is 2.37. The summed E-state index contributed by atoms with van der Waals surface area (Å²) in [7, 11) is 0. The third-order valence-corrected chi connectivity index (χ3v) is 5.70. The number of nitrogens with zero attached hydrogens (tertiary/aromatic N) is 1. The molecular weight excluding hydrogens is 401 g/mol. The monoisotopic (exact) mass is 421 g/mol. The van der Waals surface area contributed by atoms with Crippen molar-refractivity contribution < 1.29 is 18.7 Å². The number of thioether (sulfide) groups is 1. The van der Waals surface area contributed by atoms with Gasteiger partial charge < -0.3 is 4.74 Å². The number of hydrogen-bond donors (Lipinski definition) is 0. The van der Waals surface area contributed by atoms with Crippen LogP contribution in [0, 0.1) is 5.82 Å². The number of imide groups is 1. The highest BCUT2D eigenvalue weighted by Gasteiger charge is 2.35. The van der Waals surface area contributed by atoms with Gasteiger partial charge in [0.15, 0.2) is 0 Å². The third kappa shape index (κ3) is 4.09. The number of carbonyl (C=O) groups excluding carboxylic acids is 2. The number of halogens is 1. The molecule has 152 valence electrons. The van der Waals surface area contributed by atoms with Crippen LogP contribution in [0.2, 0.25) is 0 Å². The van der Waals surface area contributed by atoms with E-state index in [-0.39, 0.29) is 23.5 Å². The first-order valence-corrected chi connectivity index (χ1v) is 10.5. The number of rotatable bonds is 6. The first-order chi connectivity index (χ1) is 14.6. The van der Waals surface area contributed by atoms with E-state index in [0.29, 0.717) is 22.8 Å². The molecule has 3 aromatic carbocycles. The van der Waals surface area contributed by atoms with Gasteiger partial charge in [-0.15, -0.1) is 0 Å². The van der Waals surface area contributed by atoms with Gasteiger partial charge in [-0.25, -0.2) is 4.39 Å². The van der Waals surface area contributed by atoms with Gasteiger partial charge in [-0.1, -0.05) is 49.4 Å². The summed E-state index contributed by atoms with van der Waals surface area (Å²) in [5.74, 6) is -0.0343. The Labute approximate surface area is 178 Å². The summed E-state index contributed by atoms with van der Waals surface area (Å²) in [5.41, 5.74) is 1.48. The van der Waals surface area contributed by atoms with E-state index in [0.717, 1.165) is 34.5 Å². The number of fused-ring (bicyclic) bond motifs is 1. The Bertz CT molecular complexity index is 1140. The van der Waals surface area contributed by atoms with Crippen LogP contribution in [0.25, 0.3) is 16.8 Å². The molecule has 1 heterocycles. The van der Waals surface area contributed by atoms with E-state index in [2.05, 4.69) is 0 Å². The number of amides is 2. The van der Waals surface area contributed by atoms with Gasteiger partial charge in [0.1, 0.15) is 11.6 Å². The van der Waals surface area contributed by atoms with Crippen molar-refractivity contribution in [3.63, 3.8) is 0 Å². The molecule has 2 amide bonds. The molecular formula is C24H20FNO3S. The summed E-state index contributed by atoms with van der Waals surface area (Å²) in [4.78, 5) is 27.0. The second-order valence-electron chi connectivity index (χ2n) is 6.94. The van der Waals surface area contributed by atoms with Crippen LogP contribution in [-0.4, -0.2) is 22.7 Å². The van der Waals surface area contributed by atoms with Gasteiger partial charge in [0, 0.05) is 5.56 Å². The summed E-state index contributed by atoms with van der Waals surface area (Å²) in [6.45, 7) is 2.70. The number of benzene rings is 3. The minimum atomic E-state index is -0.358. The number of ether oxygens (including phenoxy) is 1. The maximum absolute atomic E-state index is 13.1. The zero-order valence-corrected chi connectivity index (χ0v) is 17.2. The molecule has 3 aromatic rings. The van der Waals surface area contributed by atoms with E-state index in [1.54, 1.807) is 18.2 Å². The Morgan fingerprint density at radius 3 is 2.57 bits per heavy atom. The Kier molecular flexibility index (Phi) is 5.86. The van der Waals surface area contributed by atoms with Gasteiger partial charge in [0.25, 0.3) is 11.1 Å². The van der Waals surface area contributed by atoms with Crippen molar-refractivity contribution in [2.24, 2.45) is 0 Å². The van der Waals surface area contributed by atoms with Crippen LogP contribution >= 0.6 is 11.8 Å². The molecule has 0 N–H and O–H groups in total. The van der Waals surface area contributed by atoms with E-state index in [1.165, 1.54) is 17.0 Å². The molecule has 1 aliphatic rings. The van der Waals surface area contributed by atoms with E-state index < -0.39 is 0 Å². The van der Waals surface area contributed by atoms with E-state index >= 15 is 0 Å². The Balaban J connectivity index is 1.69. The predicted molar refractivity (Wildman–Crippen MR) is 118 cm³/mol. The average molecular weight is 421 g/mol. The smallest absolute Gasteiger partial charge is 0.293 e. The summed E-state index contributed by atoms with van der Waals surface area (Å²) in [5, 5.41) is 1.64. The lowest BCUT2D eigenvalue weighted by atomic mass is 10.0. The second-order valence-corrected chi connectivity index (χ2v) is 7.93. The van der Waals surface area contributed by atoms with Crippen LogP contribution in [0.15, 0.2) is 65.6 Å². The quantitative estimate of drug-likeness (QED) is 0.458. The summed E-state index contributed by atoms with van der Waals surface area (Å²) < 4.78 is 19.0. The van der Waals surface area contributed by atoms with Crippen LogP contribution in [0.5, 0.6) is 5.75 Å². The van der Waals surface area contributed by atoms with E-state index in [4.69, 9.17) is 4.74 Å². The topological polar surface area (TPSA) is 46.6 Å². The highest BCUT2D eigenvalue weighted by atomic mass is 32.2. The van der Waals surface area contributed by atoms with Gasteiger partial charge in [-0.3, -0.25) is 14.5 Å². The van der Waals surface area contributed by atoms with Crippen molar-refractivity contribution in [3.05, 3.63) is 82.5 Å². The lowest BCUT2D eigenvalue weighted by molar-refractivity contribution is -0.123. The van der Waals surface area contributed by atoms with Gasteiger partial charge in [0.05, 0.1) is 18.1 Å². The fourth-order valence-electron chi connectivity index (χ4n) is 3.30. The average Bonchev–Trinajstić information content (AvgIpc) is 3.02. The molecule has 1 fully saturated rings. The van der Waals surface area contributed by atoms with Crippen LogP contribution in [0.3, 0.4) is 0 Å². The van der Waals surface area contributed by atoms with Gasteiger partial charge in [0.2, 0.25) is 0 Å². The van der Waals surface area contributed by atoms with Crippen LogP contribution < -0.4 is 4.74 Å². The van der Waals surface area contributed by atoms with Gasteiger partial charge in [-0.2, -0.15) is 0 Å². The summed E-state index contributed by atoms with van der Waals surface area (Å²) in [6.07, 6.45) is 2.60. The lowest BCUT2D eigenvalue weighted by Gasteiger charge is -2.13. The zero-order chi connectivity index (χ0) is 21.1. The number of hydrogen-bond acceptors (Lipinski definition) is 4. The van der Waals surface area contributed by atoms with Crippen LogP contribution in [0.4, 0.5) is 9.18 Å². The molecule has 1 aliphatic heterocycles. The Morgan fingerprint density at radius 1 is 1.03 bits per heavy atom. The SMILES string of the molecule is CCCOc1ccc2ccccc2c1/C=C1\SC(=O)N(Cc2ccc(F)cc2)C1=O. The van der Waals surface area contributed by atoms with Crippen molar-refractivity contribution in [1.29, 1.82) is 0 Å². The molecule has 0 aromatic heterocycles.